The smallest absolute Gasteiger partial charge is 0.233 e. The van der Waals surface area contributed by atoms with Crippen molar-refractivity contribution in [3.63, 3.8) is 0 Å². The van der Waals surface area contributed by atoms with Gasteiger partial charge < -0.3 is 9.88 Å². The molecule has 1 fully saturated rings. The molecule has 0 bridgehead atoms. The van der Waals surface area contributed by atoms with E-state index in [1.165, 1.54) is 36.6 Å². The summed E-state index contributed by atoms with van der Waals surface area (Å²) in [6.07, 6.45) is 5.77. The first-order valence-electron chi connectivity index (χ1n) is 10.5. The lowest BCUT2D eigenvalue weighted by Gasteiger charge is -2.30. The first-order valence-corrected chi connectivity index (χ1v) is 11.3. The average molecular weight is 401 g/mol. The zero-order valence-corrected chi connectivity index (χ0v) is 18.3. The number of carbonyl (C=O) groups is 1. The molecule has 0 spiro atoms. The van der Waals surface area contributed by atoms with Crippen molar-refractivity contribution in [2.45, 2.75) is 82.8 Å². The van der Waals surface area contributed by atoms with E-state index in [4.69, 9.17) is 0 Å². The van der Waals surface area contributed by atoms with E-state index in [9.17, 15) is 4.79 Å². The number of thioether (sulfide) groups is 1. The van der Waals surface area contributed by atoms with Crippen LogP contribution in [0.1, 0.15) is 58.4 Å². The highest BCUT2D eigenvalue weighted by Crippen LogP contribution is 2.29. The lowest BCUT2D eigenvalue weighted by atomic mass is 9.86. The fraction of sp³-hybridized carbons (Fsp3) is 0.591. The highest BCUT2D eigenvalue weighted by molar-refractivity contribution is 8.00. The summed E-state index contributed by atoms with van der Waals surface area (Å²) in [6, 6.07) is 8.63. The second-order valence-corrected chi connectivity index (χ2v) is 9.27. The number of carbonyl (C=O) groups excluding carboxylic acids is 1. The summed E-state index contributed by atoms with van der Waals surface area (Å²) in [7, 11) is 0. The van der Waals surface area contributed by atoms with Gasteiger partial charge in [0.25, 0.3) is 0 Å². The number of aromatic nitrogens is 3. The second-order valence-electron chi connectivity index (χ2n) is 7.96. The molecule has 6 heteroatoms. The highest BCUT2D eigenvalue weighted by Gasteiger charge is 2.26. The van der Waals surface area contributed by atoms with Crippen LogP contribution < -0.4 is 5.32 Å². The van der Waals surface area contributed by atoms with E-state index in [2.05, 4.69) is 59.1 Å². The van der Waals surface area contributed by atoms with E-state index in [-0.39, 0.29) is 11.2 Å². The SMILES string of the molecule is CCCn1c(SC(C)C(=O)NC2CCCCC2C)nnc1-c1cccc(C)c1. The fourth-order valence-electron chi connectivity index (χ4n) is 3.84. The molecule has 5 nitrogen and oxygen atoms in total. The normalized spacial score (nSPS) is 20.7. The van der Waals surface area contributed by atoms with E-state index >= 15 is 0 Å². The van der Waals surface area contributed by atoms with Gasteiger partial charge in [0.05, 0.1) is 5.25 Å². The Morgan fingerprint density at radius 1 is 1.32 bits per heavy atom. The Labute approximate surface area is 172 Å². The van der Waals surface area contributed by atoms with E-state index in [1.807, 2.05) is 13.0 Å². The van der Waals surface area contributed by atoms with Gasteiger partial charge in [0.15, 0.2) is 11.0 Å². The first kappa shape index (κ1) is 20.9. The Hall–Kier alpha value is -1.82. The minimum atomic E-state index is -0.195. The Balaban J connectivity index is 1.73. The predicted molar refractivity (Wildman–Crippen MR) is 115 cm³/mol. The van der Waals surface area contributed by atoms with Crippen molar-refractivity contribution in [3.05, 3.63) is 29.8 Å². The molecule has 3 rings (SSSR count). The number of nitrogens with zero attached hydrogens (tertiary/aromatic N) is 3. The Bertz CT molecular complexity index is 804. The van der Waals surface area contributed by atoms with Crippen LogP contribution in [0.5, 0.6) is 0 Å². The number of aryl methyl sites for hydroxylation is 1. The molecule has 1 aliphatic rings. The molecule has 1 saturated carbocycles. The molecule has 1 heterocycles. The largest absolute Gasteiger partial charge is 0.352 e. The third-order valence-electron chi connectivity index (χ3n) is 5.53. The summed E-state index contributed by atoms with van der Waals surface area (Å²) in [5.74, 6) is 1.54. The van der Waals surface area contributed by atoms with Gasteiger partial charge in [0, 0.05) is 18.2 Å². The molecule has 2 aromatic rings. The van der Waals surface area contributed by atoms with Crippen LogP contribution in [0.4, 0.5) is 0 Å². The van der Waals surface area contributed by atoms with Crippen molar-refractivity contribution in [3.8, 4) is 11.4 Å². The monoisotopic (exact) mass is 400 g/mol. The van der Waals surface area contributed by atoms with Crippen molar-refractivity contribution < 1.29 is 4.79 Å². The average Bonchev–Trinajstić information content (AvgIpc) is 3.06. The molecule has 1 aromatic heterocycles. The van der Waals surface area contributed by atoms with Crippen LogP contribution in [0.25, 0.3) is 11.4 Å². The summed E-state index contributed by atoms with van der Waals surface area (Å²) < 4.78 is 2.15. The van der Waals surface area contributed by atoms with Crippen LogP contribution in [0.3, 0.4) is 0 Å². The number of amides is 1. The highest BCUT2D eigenvalue weighted by atomic mass is 32.2. The molecule has 3 atom stereocenters. The molecule has 1 aliphatic carbocycles. The van der Waals surface area contributed by atoms with Gasteiger partial charge >= 0.3 is 0 Å². The molecule has 3 unspecified atom stereocenters. The molecule has 0 radical (unpaired) electrons. The summed E-state index contributed by atoms with van der Waals surface area (Å²) in [5, 5.41) is 12.8. The van der Waals surface area contributed by atoms with E-state index in [1.54, 1.807) is 0 Å². The lowest BCUT2D eigenvalue weighted by Crippen LogP contribution is -2.44. The van der Waals surface area contributed by atoms with E-state index < -0.39 is 0 Å². The molecular weight excluding hydrogens is 368 g/mol. The second kappa shape index (κ2) is 9.59. The van der Waals surface area contributed by atoms with Crippen LogP contribution >= 0.6 is 11.8 Å². The standard InChI is InChI=1S/C22H32N4OS/c1-5-13-26-20(18-11-8-9-15(2)14-18)24-25-22(26)28-17(4)21(27)23-19-12-7-6-10-16(19)3/h8-9,11,14,16-17,19H,5-7,10,12-13H2,1-4H3,(H,23,27). The summed E-state index contributed by atoms with van der Waals surface area (Å²) in [4.78, 5) is 12.8. The zero-order valence-electron chi connectivity index (χ0n) is 17.4. The number of hydrogen-bond acceptors (Lipinski definition) is 4. The summed E-state index contributed by atoms with van der Waals surface area (Å²) >= 11 is 1.51. The number of rotatable bonds is 7. The van der Waals surface area contributed by atoms with Gasteiger partial charge in [-0.3, -0.25) is 4.79 Å². The van der Waals surface area contributed by atoms with E-state index in [0.717, 1.165) is 35.9 Å². The minimum Gasteiger partial charge on any atom is -0.352 e. The van der Waals surface area contributed by atoms with Crippen LogP contribution in [0.15, 0.2) is 29.4 Å². The molecule has 0 aliphatic heterocycles. The van der Waals surface area contributed by atoms with Gasteiger partial charge in [-0.2, -0.15) is 0 Å². The van der Waals surface area contributed by atoms with Gasteiger partial charge in [0.1, 0.15) is 0 Å². The quantitative estimate of drug-likeness (QED) is 0.676. The van der Waals surface area contributed by atoms with Gasteiger partial charge in [-0.25, -0.2) is 0 Å². The maximum Gasteiger partial charge on any atom is 0.233 e. The van der Waals surface area contributed by atoms with Crippen molar-refractivity contribution in [2.24, 2.45) is 5.92 Å². The molecule has 1 N–H and O–H groups in total. The molecule has 1 aromatic carbocycles. The fourth-order valence-corrected chi connectivity index (χ4v) is 4.73. The van der Waals surface area contributed by atoms with Crippen LogP contribution in [0, 0.1) is 12.8 Å². The third kappa shape index (κ3) is 4.96. The summed E-state index contributed by atoms with van der Waals surface area (Å²) in [5.41, 5.74) is 2.27. The maximum absolute atomic E-state index is 12.8. The lowest BCUT2D eigenvalue weighted by molar-refractivity contribution is -0.121. The van der Waals surface area contributed by atoms with Gasteiger partial charge in [-0.1, -0.05) is 62.2 Å². The van der Waals surface area contributed by atoms with Gasteiger partial charge in [0.2, 0.25) is 5.91 Å². The molecule has 152 valence electrons. The number of hydrogen-bond donors (Lipinski definition) is 1. The van der Waals surface area contributed by atoms with Gasteiger partial charge in [-0.15, -0.1) is 10.2 Å². The Morgan fingerprint density at radius 3 is 2.82 bits per heavy atom. The molecule has 0 saturated heterocycles. The number of nitrogens with one attached hydrogen (secondary N) is 1. The van der Waals surface area contributed by atoms with Crippen LogP contribution in [0.2, 0.25) is 0 Å². The zero-order chi connectivity index (χ0) is 20.1. The van der Waals surface area contributed by atoms with Crippen molar-refractivity contribution in [1.82, 2.24) is 20.1 Å². The Kier molecular flexibility index (Phi) is 7.16. The molecule has 28 heavy (non-hydrogen) atoms. The topological polar surface area (TPSA) is 59.8 Å². The minimum absolute atomic E-state index is 0.104. The number of benzene rings is 1. The van der Waals surface area contributed by atoms with E-state index in [0.29, 0.717) is 12.0 Å². The van der Waals surface area contributed by atoms with Crippen molar-refractivity contribution in [1.29, 1.82) is 0 Å². The van der Waals surface area contributed by atoms with Crippen LogP contribution in [-0.4, -0.2) is 32.0 Å². The molecular formula is C22H32N4OS. The first-order chi connectivity index (χ1) is 13.5. The maximum atomic E-state index is 12.8. The van der Waals surface area contributed by atoms with Crippen molar-refractivity contribution in [2.75, 3.05) is 0 Å². The third-order valence-corrected chi connectivity index (χ3v) is 6.61. The Morgan fingerprint density at radius 2 is 2.11 bits per heavy atom. The van der Waals surface area contributed by atoms with Crippen molar-refractivity contribution >= 4 is 17.7 Å². The van der Waals surface area contributed by atoms with Gasteiger partial charge in [-0.05, 0) is 45.1 Å². The van der Waals surface area contributed by atoms with Crippen LogP contribution in [-0.2, 0) is 11.3 Å². The predicted octanol–water partition coefficient (Wildman–Crippen LogP) is 4.84. The molecule has 1 amide bonds. The summed E-state index contributed by atoms with van der Waals surface area (Å²) in [6.45, 7) is 9.28.